The summed E-state index contributed by atoms with van der Waals surface area (Å²) in [5, 5.41) is 50.3. The van der Waals surface area contributed by atoms with Crippen molar-refractivity contribution in [2.24, 2.45) is 5.73 Å². The second kappa shape index (κ2) is 13.0. The maximum absolute atomic E-state index is 12.2. The number of nitrogens with two attached hydrogens (primary N) is 1. The number of hydrogen-bond donors (Lipinski definition) is 9. The predicted molar refractivity (Wildman–Crippen MR) is 94.7 cm³/mol. The molecular weight excluding hydrogens is 412 g/mol. The van der Waals surface area contributed by atoms with Crippen molar-refractivity contribution in [3.05, 3.63) is 0 Å². The Morgan fingerprint density at radius 2 is 1.17 bits per heavy atom. The summed E-state index contributed by atoms with van der Waals surface area (Å²) in [6.07, 6.45) is -1.66. The smallest absolute Gasteiger partial charge is 0.328 e. The van der Waals surface area contributed by atoms with Gasteiger partial charge in [0.05, 0.1) is 25.7 Å². The largest absolute Gasteiger partial charge is 0.481 e. The molecule has 0 bridgehead atoms. The Morgan fingerprint density at radius 1 is 0.700 bits per heavy atom. The van der Waals surface area contributed by atoms with Gasteiger partial charge in [-0.15, -0.1) is 0 Å². The average molecular weight is 436 g/mol. The molecule has 0 heterocycles. The van der Waals surface area contributed by atoms with Crippen LogP contribution in [0.3, 0.4) is 0 Å². The summed E-state index contributed by atoms with van der Waals surface area (Å²) in [6, 6.07) is -6.53. The summed E-state index contributed by atoms with van der Waals surface area (Å²) in [6.45, 7) is -1.97. The van der Waals surface area contributed by atoms with Gasteiger partial charge >= 0.3 is 17.9 Å². The van der Waals surface area contributed by atoms with Crippen molar-refractivity contribution in [3.8, 4) is 0 Å². The van der Waals surface area contributed by atoms with Crippen LogP contribution >= 0.6 is 0 Å². The second-order valence-corrected chi connectivity index (χ2v) is 6.02. The van der Waals surface area contributed by atoms with E-state index in [0.717, 1.165) is 0 Å². The van der Waals surface area contributed by atoms with Crippen molar-refractivity contribution in [3.63, 3.8) is 0 Å². The number of carbonyl (C=O) groups is 6. The zero-order valence-corrected chi connectivity index (χ0v) is 15.6. The van der Waals surface area contributed by atoms with Gasteiger partial charge in [0.1, 0.15) is 18.1 Å². The molecule has 0 aromatic rings. The van der Waals surface area contributed by atoms with Crippen LogP contribution < -0.4 is 21.7 Å². The molecule has 0 aliphatic carbocycles. The van der Waals surface area contributed by atoms with Gasteiger partial charge in [0.2, 0.25) is 17.7 Å². The lowest BCUT2D eigenvalue weighted by Gasteiger charge is -2.23. The Labute approximate surface area is 169 Å². The summed E-state index contributed by atoms with van der Waals surface area (Å²) >= 11 is 0. The Bertz CT molecular complexity index is 669. The van der Waals surface area contributed by atoms with Gasteiger partial charge in [-0.3, -0.25) is 24.0 Å². The molecule has 0 radical (unpaired) electrons. The van der Waals surface area contributed by atoms with Gasteiger partial charge in [-0.1, -0.05) is 0 Å². The van der Waals surface area contributed by atoms with Gasteiger partial charge < -0.3 is 47.2 Å². The number of nitrogens with one attached hydrogen (secondary N) is 3. The lowest BCUT2D eigenvalue weighted by Crippen LogP contribution is -2.58. The van der Waals surface area contributed by atoms with Gasteiger partial charge in [0.15, 0.2) is 0 Å². The van der Waals surface area contributed by atoms with Gasteiger partial charge in [-0.05, 0) is 6.42 Å². The predicted octanol–water partition coefficient (Wildman–Crippen LogP) is -4.82. The summed E-state index contributed by atoms with van der Waals surface area (Å²) < 4.78 is 0. The number of carboxylic acids is 3. The Kier molecular flexibility index (Phi) is 11.6. The first-order chi connectivity index (χ1) is 13.9. The fraction of sp³-hybridized carbons (Fsp3) is 0.600. The fourth-order valence-electron chi connectivity index (χ4n) is 2.00. The number of aliphatic hydroxyl groups excluding tert-OH is 2. The summed E-state index contributed by atoms with van der Waals surface area (Å²) in [5.41, 5.74) is 5.47. The molecule has 4 atom stereocenters. The third-order valence-electron chi connectivity index (χ3n) is 3.63. The van der Waals surface area contributed by atoms with Crippen LogP contribution in [0.5, 0.6) is 0 Å². The highest BCUT2D eigenvalue weighted by Crippen LogP contribution is 1.99. The first-order valence-electron chi connectivity index (χ1n) is 8.47. The highest BCUT2D eigenvalue weighted by atomic mass is 16.4. The summed E-state index contributed by atoms with van der Waals surface area (Å²) in [4.78, 5) is 68.5. The van der Waals surface area contributed by atoms with Crippen molar-refractivity contribution in [1.29, 1.82) is 0 Å². The monoisotopic (exact) mass is 436 g/mol. The number of rotatable bonds is 14. The van der Waals surface area contributed by atoms with Crippen molar-refractivity contribution >= 4 is 35.6 Å². The minimum absolute atomic E-state index is 0.261. The number of carboxylic acid groups (broad SMARTS) is 3. The SMILES string of the molecule is NC(CCC(=O)O)C(=O)NC(CO)C(=O)NC(CC(=O)O)C(=O)NC(CO)C(=O)O. The van der Waals surface area contributed by atoms with Crippen LogP contribution in [0, 0.1) is 0 Å². The number of aliphatic carboxylic acids is 3. The van der Waals surface area contributed by atoms with Crippen molar-refractivity contribution in [1.82, 2.24) is 16.0 Å². The van der Waals surface area contributed by atoms with E-state index < -0.39 is 85.9 Å². The second-order valence-electron chi connectivity index (χ2n) is 6.02. The highest BCUT2D eigenvalue weighted by molar-refractivity contribution is 5.95. The molecule has 0 fully saturated rings. The number of amides is 3. The van der Waals surface area contributed by atoms with E-state index in [-0.39, 0.29) is 6.42 Å². The molecule has 0 aliphatic rings. The zero-order chi connectivity index (χ0) is 23.4. The highest BCUT2D eigenvalue weighted by Gasteiger charge is 2.31. The first kappa shape index (κ1) is 26.7. The Morgan fingerprint density at radius 3 is 1.60 bits per heavy atom. The summed E-state index contributed by atoms with van der Waals surface area (Å²) in [7, 11) is 0. The van der Waals surface area contributed by atoms with E-state index in [2.05, 4.69) is 0 Å². The van der Waals surface area contributed by atoms with Crippen LogP contribution in [0.25, 0.3) is 0 Å². The molecule has 15 nitrogen and oxygen atoms in total. The molecular formula is C15H24N4O11. The molecule has 4 unspecified atom stereocenters. The summed E-state index contributed by atoms with van der Waals surface area (Å²) in [5.74, 6) is -7.76. The third kappa shape index (κ3) is 9.76. The molecule has 30 heavy (non-hydrogen) atoms. The minimum Gasteiger partial charge on any atom is -0.481 e. The van der Waals surface area contributed by atoms with Gasteiger partial charge in [0, 0.05) is 6.42 Å². The van der Waals surface area contributed by atoms with Gasteiger partial charge in [-0.25, -0.2) is 4.79 Å². The van der Waals surface area contributed by atoms with E-state index in [1.165, 1.54) is 0 Å². The number of carbonyl (C=O) groups excluding carboxylic acids is 3. The van der Waals surface area contributed by atoms with Gasteiger partial charge in [-0.2, -0.15) is 0 Å². The lowest BCUT2D eigenvalue weighted by atomic mass is 10.1. The van der Waals surface area contributed by atoms with Crippen LogP contribution in [0.1, 0.15) is 19.3 Å². The quantitative estimate of drug-likeness (QED) is 0.124. The van der Waals surface area contributed by atoms with E-state index in [9.17, 15) is 33.9 Å². The first-order valence-corrected chi connectivity index (χ1v) is 8.47. The zero-order valence-electron chi connectivity index (χ0n) is 15.6. The molecule has 0 aromatic heterocycles. The van der Waals surface area contributed by atoms with Gasteiger partial charge in [0.25, 0.3) is 0 Å². The van der Waals surface area contributed by atoms with Crippen molar-refractivity contribution in [2.45, 2.75) is 43.4 Å². The van der Waals surface area contributed by atoms with E-state index >= 15 is 0 Å². The Hall–Kier alpha value is -3.30. The van der Waals surface area contributed by atoms with E-state index in [1.54, 1.807) is 0 Å². The normalized spacial score (nSPS) is 14.5. The van der Waals surface area contributed by atoms with Crippen LogP contribution in [0.15, 0.2) is 0 Å². The average Bonchev–Trinajstić information content (AvgIpc) is 2.66. The minimum atomic E-state index is -1.80. The van der Waals surface area contributed by atoms with E-state index in [0.29, 0.717) is 0 Å². The molecule has 170 valence electrons. The van der Waals surface area contributed by atoms with Crippen LogP contribution in [0.2, 0.25) is 0 Å². The number of aliphatic hydroxyl groups is 2. The molecule has 10 N–H and O–H groups in total. The molecule has 0 saturated heterocycles. The molecule has 0 aromatic carbocycles. The molecule has 0 rings (SSSR count). The molecule has 15 heteroatoms. The van der Waals surface area contributed by atoms with E-state index in [4.69, 9.17) is 26.2 Å². The van der Waals surface area contributed by atoms with E-state index in [1.807, 2.05) is 16.0 Å². The maximum Gasteiger partial charge on any atom is 0.328 e. The Balaban J connectivity index is 5.14. The van der Waals surface area contributed by atoms with Crippen LogP contribution in [-0.2, 0) is 28.8 Å². The molecule has 0 spiro atoms. The third-order valence-corrected chi connectivity index (χ3v) is 3.63. The molecule has 0 saturated carbocycles. The van der Waals surface area contributed by atoms with Crippen LogP contribution in [0.4, 0.5) is 0 Å². The molecule has 0 aliphatic heterocycles. The molecule has 3 amide bonds. The lowest BCUT2D eigenvalue weighted by molar-refractivity contribution is -0.144. The fourth-order valence-corrected chi connectivity index (χ4v) is 2.00. The maximum atomic E-state index is 12.2. The van der Waals surface area contributed by atoms with Crippen molar-refractivity contribution < 1.29 is 54.3 Å². The topological polar surface area (TPSA) is 266 Å². The van der Waals surface area contributed by atoms with Crippen LogP contribution in [-0.4, -0.2) is 98.5 Å². The van der Waals surface area contributed by atoms with Crippen molar-refractivity contribution in [2.75, 3.05) is 13.2 Å². The number of hydrogen-bond acceptors (Lipinski definition) is 9. The standard InChI is InChI=1S/C15H24N4O11/c16-6(1-2-10(22)23)12(26)18-8(4-20)14(28)17-7(3-11(24)25)13(27)19-9(5-21)15(29)30/h6-9,20-21H,1-5,16H2,(H,17,28)(H,18,26)(H,19,27)(H,22,23)(H,24,25)(H,29,30).